The predicted molar refractivity (Wildman–Crippen MR) is 75.6 cm³/mol. The van der Waals surface area contributed by atoms with Crippen molar-refractivity contribution in [3.05, 3.63) is 0 Å². The van der Waals surface area contributed by atoms with E-state index in [0.717, 1.165) is 13.0 Å². The van der Waals surface area contributed by atoms with Gasteiger partial charge in [-0.2, -0.15) is 0 Å². The van der Waals surface area contributed by atoms with Gasteiger partial charge in [-0.25, -0.2) is 4.79 Å². The molecule has 0 radical (unpaired) electrons. The Hall–Kier alpha value is -1.30. The van der Waals surface area contributed by atoms with E-state index < -0.39 is 12.1 Å². The number of amides is 2. The lowest BCUT2D eigenvalue weighted by Gasteiger charge is -2.41. The highest BCUT2D eigenvalue weighted by Gasteiger charge is 2.32. The maximum atomic E-state index is 12.2. The van der Waals surface area contributed by atoms with Gasteiger partial charge in [0.15, 0.2) is 0 Å². The number of carbonyl (C=O) groups is 2. The van der Waals surface area contributed by atoms with Crippen molar-refractivity contribution in [2.75, 3.05) is 20.2 Å². The zero-order valence-electron chi connectivity index (χ0n) is 12.8. The molecule has 1 fully saturated rings. The second-order valence-electron chi connectivity index (χ2n) is 5.85. The van der Waals surface area contributed by atoms with Gasteiger partial charge in [-0.1, -0.05) is 13.8 Å². The van der Waals surface area contributed by atoms with Gasteiger partial charge >= 0.3 is 12.0 Å². The largest absolute Gasteiger partial charge is 0.481 e. The van der Waals surface area contributed by atoms with Gasteiger partial charge in [0.05, 0.1) is 12.5 Å². The molecule has 0 spiro atoms. The number of hydrogen-bond acceptors (Lipinski definition) is 3. The van der Waals surface area contributed by atoms with Gasteiger partial charge < -0.3 is 20.1 Å². The van der Waals surface area contributed by atoms with E-state index in [1.54, 1.807) is 0 Å². The third-order valence-corrected chi connectivity index (χ3v) is 4.08. The number of piperidine rings is 1. The summed E-state index contributed by atoms with van der Waals surface area (Å²) in [6, 6.07) is 0.0648. The molecule has 1 rings (SSSR count). The number of carbonyl (C=O) groups excluding carboxylic acids is 1. The van der Waals surface area contributed by atoms with Crippen LogP contribution in [-0.2, 0) is 9.53 Å². The molecule has 0 aromatic rings. The third-order valence-electron chi connectivity index (χ3n) is 4.08. The summed E-state index contributed by atoms with van der Waals surface area (Å²) >= 11 is 0. The van der Waals surface area contributed by atoms with Crippen LogP contribution in [0.15, 0.2) is 0 Å². The van der Waals surface area contributed by atoms with Crippen LogP contribution in [0.2, 0.25) is 0 Å². The van der Waals surface area contributed by atoms with E-state index in [9.17, 15) is 9.59 Å². The van der Waals surface area contributed by atoms with Gasteiger partial charge in [0, 0.05) is 26.2 Å². The SMILES string of the molecule is COC(CNC(=O)N1CC(C)CC(C)C1C)CC(=O)O. The topological polar surface area (TPSA) is 78.9 Å². The molecule has 0 bridgehead atoms. The van der Waals surface area contributed by atoms with Crippen LogP contribution < -0.4 is 5.32 Å². The second-order valence-corrected chi connectivity index (χ2v) is 5.85. The third kappa shape index (κ3) is 4.67. The Kier molecular flexibility index (Phi) is 6.26. The maximum Gasteiger partial charge on any atom is 0.317 e. The molecule has 0 aromatic carbocycles. The van der Waals surface area contributed by atoms with Crippen molar-refractivity contribution in [1.29, 1.82) is 0 Å². The summed E-state index contributed by atoms with van der Waals surface area (Å²) in [6.45, 7) is 7.32. The molecule has 6 nitrogen and oxygen atoms in total. The van der Waals surface area contributed by atoms with Crippen LogP contribution in [0.1, 0.15) is 33.6 Å². The van der Waals surface area contributed by atoms with E-state index in [1.807, 2.05) is 4.90 Å². The normalized spacial score (nSPS) is 28.0. The Balaban J connectivity index is 2.50. The van der Waals surface area contributed by atoms with Crippen molar-refractivity contribution in [3.8, 4) is 0 Å². The number of nitrogens with zero attached hydrogens (tertiary/aromatic N) is 1. The Morgan fingerprint density at radius 2 is 2.05 bits per heavy atom. The first-order valence-electron chi connectivity index (χ1n) is 7.14. The van der Waals surface area contributed by atoms with E-state index in [0.29, 0.717) is 11.8 Å². The first-order chi connectivity index (χ1) is 9.35. The van der Waals surface area contributed by atoms with Gasteiger partial charge in [-0.05, 0) is 25.2 Å². The van der Waals surface area contributed by atoms with Gasteiger partial charge in [-0.15, -0.1) is 0 Å². The van der Waals surface area contributed by atoms with Crippen molar-refractivity contribution >= 4 is 12.0 Å². The predicted octanol–water partition coefficient (Wildman–Crippen LogP) is 1.55. The maximum absolute atomic E-state index is 12.2. The second kappa shape index (κ2) is 7.47. The van der Waals surface area contributed by atoms with Crippen molar-refractivity contribution in [2.24, 2.45) is 11.8 Å². The highest BCUT2D eigenvalue weighted by atomic mass is 16.5. The van der Waals surface area contributed by atoms with E-state index in [2.05, 4.69) is 26.1 Å². The lowest BCUT2D eigenvalue weighted by atomic mass is 9.86. The highest BCUT2D eigenvalue weighted by molar-refractivity contribution is 5.75. The molecule has 0 saturated carbocycles. The first-order valence-corrected chi connectivity index (χ1v) is 7.14. The number of aliphatic carboxylic acids is 1. The molecule has 2 N–H and O–H groups in total. The van der Waals surface area contributed by atoms with Crippen molar-refractivity contribution < 1.29 is 19.4 Å². The fourth-order valence-corrected chi connectivity index (χ4v) is 2.72. The molecule has 1 aliphatic heterocycles. The summed E-state index contributed by atoms with van der Waals surface area (Å²) in [5, 5.41) is 11.5. The molecule has 20 heavy (non-hydrogen) atoms. The smallest absolute Gasteiger partial charge is 0.317 e. The molecular weight excluding hydrogens is 260 g/mol. The summed E-state index contributed by atoms with van der Waals surface area (Å²) in [4.78, 5) is 24.7. The molecule has 1 heterocycles. The van der Waals surface area contributed by atoms with Crippen LogP contribution >= 0.6 is 0 Å². The number of rotatable bonds is 5. The van der Waals surface area contributed by atoms with Crippen LogP contribution in [0, 0.1) is 11.8 Å². The number of likely N-dealkylation sites (tertiary alicyclic amines) is 1. The summed E-state index contributed by atoms with van der Waals surface area (Å²) < 4.78 is 5.05. The van der Waals surface area contributed by atoms with E-state index >= 15 is 0 Å². The van der Waals surface area contributed by atoms with Crippen molar-refractivity contribution in [2.45, 2.75) is 45.8 Å². The minimum Gasteiger partial charge on any atom is -0.481 e. The quantitative estimate of drug-likeness (QED) is 0.803. The number of carboxylic acids is 1. The van der Waals surface area contributed by atoms with Gasteiger partial charge in [-0.3, -0.25) is 4.79 Å². The lowest BCUT2D eigenvalue weighted by Crippen LogP contribution is -2.53. The monoisotopic (exact) mass is 286 g/mol. The molecule has 1 aliphatic rings. The molecule has 116 valence electrons. The van der Waals surface area contributed by atoms with Gasteiger partial charge in [0.25, 0.3) is 0 Å². The zero-order chi connectivity index (χ0) is 15.3. The van der Waals surface area contributed by atoms with Crippen LogP contribution in [0.25, 0.3) is 0 Å². The molecule has 0 aromatic heterocycles. The molecule has 4 atom stereocenters. The summed E-state index contributed by atoms with van der Waals surface area (Å²) in [7, 11) is 1.45. The minimum absolute atomic E-state index is 0.112. The molecule has 0 aliphatic carbocycles. The fourth-order valence-electron chi connectivity index (χ4n) is 2.72. The minimum atomic E-state index is -0.931. The lowest BCUT2D eigenvalue weighted by molar-refractivity contribution is -0.139. The van der Waals surface area contributed by atoms with E-state index in [1.165, 1.54) is 7.11 Å². The van der Waals surface area contributed by atoms with Crippen LogP contribution in [-0.4, -0.2) is 54.4 Å². The Labute approximate surface area is 120 Å². The number of urea groups is 1. The van der Waals surface area contributed by atoms with Gasteiger partial charge in [0.2, 0.25) is 0 Å². The summed E-state index contributed by atoms with van der Waals surface area (Å²) in [5.41, 5.74) is 0. The average Bonchev–Trinajstić information content (AvgIpc) is 2.37. The Morgan fingerprint density at radius 3 is 2.60 bits per heavy atom. The van der Waals surface area contributed by atoms with Gasteiger partial charge in [0.1, 0.15) is 0 Å². The number of ether oxygens (including phenoxy) is 1. The molecule has 6 heteroatoms. The van der Waals surface area contributed by atoms with Crippen LogP contribution in [0.4, 0.5) is 4.79 Å². The van der Waals surface area contributed by atoms with Crippen molar-refractivity contribution in [1.82, 2.24) is 10.2 Å². The Morgan fingerprint density at radius 1 is 1.40 bits per heavy atom. The summed E-state index contributed by atoms with van der Waals surface area (Å²) in [6.07, 6.45) is 0.524. The number of nitrogens with one attached hydrogen (secondary N) is 1. The van der Waals surface area contributed by atoms with Crippen LogP contribution in [0.5, 0.6) is 0 Å². The number of methoxy groups -OCH3 is 1. The number of hydrogen-bond donors (Lipinski definition) is 2. The average molecular weight is 286 g/mol. The molecular formula is C14H26N2O4. The van der Waals surface area contributed by atoms with E-state index in [4.69, 9.17) is 9.84 Å². The molecule has 1 saturated heterocycles. The standard InChI is InChI=1S/C14H26N2O4/c1-9-5-10(2)11(3)16(8-9)14(19)15-7-12(20-4)6-13(17)18/h9-12H,5-8H2,1-4H3,(H,15,19)(H,17,18). The first kappa shape index (κ1) is 16.8. The molecule has 4 unspecified atom stereocenters. The summed E-state index contributed by atoms with van der Waals surface area (Å²) in [5.74, 6) is 0.0330. The molecule has 2 amide bonds. The highest BCUT2D eigenvalue weighted by Crippen LogP contribution is 2.26. The van der Waals surface area contributed by atoms with Crippen LogP contribution in [0.3, 0.4) is 0 Å². The fraction of sp³-hybridized carbons (Fsp3) is 0.857. The number of carboxylic acid groups (broad SMARTS) is 1. The van der Waals surface area contributed by atoms with Crippen molar-refractivity contribution in [3.63, 3.8) is 0 Å². The Bertz CT molecular complexity index is 348. The zero-order valence-corrected chi connectivity index (χ0v) is 12.8. The van der Waals surface area contributed by atoms with E-state index in [-0.39, 0.29) is 25.0 Å².